The molecule has 7 heteroatoms. The predicted molar refractivity (Wildman–Crippen MR) is 86.5 cm³/mol. The molecular formula is C15H27N3O3S. The van der Waals surface area contributed by atoms with Crippen molar-refractivity contribution >= 4 is 9.84 Å². The van der Waals surface area contributed by atoms with Gasteiger partial charge in [-0.25, -0.2) is 8.42 Å². The van der Waals surface area contributed by atoms with Crippen LogP contribution in [-0.2, 0) is 21.1 Å². The van der Waals surface area contributed by atoms with Crippen molar-refractivity contribution in [1.29, 1.82) is 0 Å². The molecule has 126 valence electrons. The van der Waals surface area contributed by atoms with Crippen LogP contribution in [0.15, 0.2) is 12.3 Å². The van der Waals surface area contributed by atoms with Crippen LogP contribution in [0, 0.1) is 5.92 Å². The van der Waals surface area contributed by atoms with Gasteiger partial charge in [0.1, 0.15) is 6.10 Å². The van der Waals surface area contributed by atoms with Crippen LogP contribution in [-0.4, -0.2) is 48.9 Å². The van der Waals surface area contributed by atoms with E-state index in [-0.39, 0.29) is 23.7 Å². The third-order valence-corrected chi connectivity index (χ3v) is 6.11. The Morgan fingerprint density at radius 1 is 1.50 bits per heavy atom. The largest absolute Gasteiger partial charge is 0.372 e. The molecule has 1 aromatic heterocycles. The van der Waals surface area contributed by atoms with Crippen molar-refractivity contribution in [2.24, 2.45) is 5.92 Å². The quantitative estimate of drug-likeness (QED) is 0.780. The molecule has 0 saturated carbocycles. The second kappa shape index (κ2) is 7.57. The van der Waals surface area contributed by atoms with E-state index in [0.717, 1.165) is 31.8 Å². The van der Waals surface area contributed by atoms with Crippen LogP contribution < -0.4 is 5.32 Å². The summed E-state index contributed by atoms with van der Waals surface area (Å²) in [6.07, 6.45) is 2.84. The lowest BCUT2D eigenvalue weighted by molar-refractivity contribution is 0.0826. The van der Waals surface area contributed by atoms with Crippen molar-refractivity contribution < 1.29 is 13.2 Å². The zero-order valence-corrected chi connectivity index (χ0v) is 14.5. The van der Waals surface area contributed by atoms with Gasteiger partial charge in [-0.1, -0.05) is 6.92 Å². The van der Waals surface area contributed by atoms with Gasteiger partial charge in [-0.3, -0.25) is 4.68 Å². The summed E-state index contributed by atoms with van der Waals surface area (Å²) >= 11 is 0. The molecule has 22 heavy (non-hydrogen) atoms. The number of nitrogens with zero attached hydrogens (tertiary/aromatic N) is 2. The van der Waals surface area contributed by atoms with Crippen molar-refractivity contribution in [1.82, 2.24) is 15.1 Å². The number of hydrogen-bond donors (Lipinski definition) is 1. The first kappa shape index (κ1) is 17.4. The number of aryl methyl sites for hydroxylation is 1. The Kier molecular flexibility index (Phi) is 6.00. The molecule has 2 rings (SSSR count). The SMILES string of the molecule is CCn1nccc1[C@@H]1OCC[C@H]1CNC(C)CS(=O)(=O)CC. The molecule has 0 bridgehead atoms. The van der Waals surface area contributed by atoms with E-state index < -0.39 is 9.84 Å². The van der Waals surface area contributed by atoms with Gasteiger partial charge in [0.25, 0.3) is 0 Å². The average molecular weight is 329 g/mol. The summed E-state index contributed by atoms with van der Waals surface area (Å²) in [6.45, 7) is 8.01. The minimum absolute atomic E-state index is 0.0396. The second-order valence-corrected chi connectivity index (χ2v) is 8.32. The molecule has 1 aliphatic rings. The van der Waals surface area contributed by atoms with Gasteiger partial charge in [0.15, 0.2) is 9.84 Å². The number of nitrogens with one attached hydrogen (secondary N) is 1. The molecule has 0 radical (unpaired) electrons. The smallest absolute Gasteiger partial charge is 0.151 e. The molecule has 1 aromatic rings. The van der Waals surface area contributed by atoms with Crippen LogP contribution in [0.2, 0.25) is 0 Å². The highest BCUT2D eigenvalue weighted by Gasteiger charge is 2.32. The maximum Gasteiger partial charge on any atom is 0.151 e. The van der Waals surface area contributed by atoms with E-state index in [1.807, 2.05) is 17.7 Å². The third kappa shape index (κ3) is 4.30. The van der Waals surface area contributed by atoms with E-state index in [0.29, 0.717) is 5.92 Å². The fraction of sp³-hybridized carbons (Fsp3) is 0.800. The summed E-state index contributed by atoms with van der Waals surface area (Å²) in [6, 6.07) is 1.97. The van der Waals surface area contributed by atoms with Crippen LogP contribution in [0.3, 0.4) is 0 Å². The highest BCUT2D eigenvalue weighted by Crippen LogP contribution is 2.34. The van der Waals surface area contributed by atoms with Gasteiger partial charge >= 0.3 is 0 Å². The van der Waals surface area contributed by atoms with Crippen LogP contribution in [0.1, 0.15) is 39.0 Å². The molecule has 3 atom stereocenters. The Balaban J connectivity index is 1.92. The van der Waals surface area contributed by atoms with Gasteiger partial charge < -0.3 is 10.1 Å². The molecule has 0 aromatic carbocycles. The number of rotatable bonds is 8. The molecule has 1 aliphatic heterocycles. The molecule has 0 spiro atoms. The Labute approximate surface area is 133 Å². The van der Waals surface area contributed by atoms with Crippen molar-refractivity contribution in [3.05, 3.63) is 18.0 Å². The molecule has 2 heterocycles. The van der Waals surface area contributed by atoms with E-state index in [9.17, 15) is 8.42 Å². The molecule has 0 amide bonds. The lowest BCUT2D eigenvalue weighted by Crippen LogP contribution is -2.37. The van der Waals surface area contributed by atoms with E-state index in [2.05, 4.69) is 17.3 Å². The van der Waals surface area contributed by atoms with E-state index >= 15 is 0 Å². The van der Waals surface area contributed by atoms with Crippen LogP contribution in [0.4, 0.5) is 0 Å². The summed E-state index contributed by atoms with van der Waals surface area (Å²) in [5, 5.41) is 7.66. The highest BCUT2D eigenvalue weighted by atomic mass is 32.2. The Morgan fingerprint density at radius 2 is 2.27 bits per heavy atom. The summed E-state index contributed by atoms with van der Waals surface area (Å²) in [5.74, 6) is 0.743. The summed E-state index contributed by atoms with van der Waals surface area (Å²) in [4.78, 5) is 0. The molecule has 6 nitrogen and oxygen atoms in total. The topological polar surface area (TPSA) is 73.2 Å². The number of hydrogen-bond acceptors (Lipinski definition) is 5. The first-order valence-electron chi connectivity index (χ1n) is 8.04. The maximum atomic E-state index is 11.7. The number of sulfone groups is 1. The summed E-state index contributed by atoms with van der Waals surface area (Å²) < 4.78 is 31.2. The van der Waals surface area contributed by atoms with Gasteiger partial charge in [0.2, 0.25) is 0 Å². The summed E-state index contributed by atoms with van der Waals surface area (Å²) in [7, 11) is -2.94. The van der Waals surface area contributed by atoms with Crippen molar-refractivity contribution in [2.75, 3.05) is 24.7 Å². The van der Waals surface area contributed by atoms with Crippen LogP contribution in [0.25, 0.3) is 0 Å². The van der Waals surface area contributed by atoms with Crippen molar-refractivity contribution in [2.45, 2.75) is 45.9 Å². The monoisotopic (exact) mass is 329 g/mol. The van der Waals surface area contributed by atoms with Crippen molar-refractivity contribution in [3.63, 3.8) is 0 Å². The fourth-order valence-corrected chi connectivity index (χ4v) is 4.04. The minimum Gasteiger partial charge on any atom is -0.372 e. The van der Waals surface area contributed by atoms with Crippen molar-refractivity contribution in [3.8, 4) is 0 Å². The summed E-state index contributed by atoms with van der Waals surface area (Å²) in [5.41, 5.74) is 1.11. The molecular weight excluding hydrogens is 302 g/mol. The fourth-order valence-electron chi connectivity index (χ4n) is 2.93. The maximum absolute atomic E-state index is 11.7. The second-order valence-electron chi connectivity index (χ2n) is 5.92. The van der Waals surface area contributed by atoms with Crippen LogP contribution in [0.5, 0.6) is 0 Å². The predicted octanol–water partition coefficient (Wildman–Crippen LogP) is 1.39. The van der Waals surface area contributed by atoms with Gasteiger partial charge in [-0.05, 0) is 26.3 Å². The first-order chi connectivity index (χ1) is 10.5. The van der Waals surface area contributed by atoms with Gasteiger partial charge in [-0.2, -0.15) is 5.10 Å². The highest BCUT2D eigenvalue weighted by molar-refractivity contribution is 7.91. The molecule has 0 aliphatic carbocycles. The third-order valence-electron chi connectivity index (χ3n) is 4.23. The Hall–Kier alpha value is -0.920. The van der Waals surface area contributed by atoms with Gasteiger partial charge in [0.05, 0.1) is 11.4 Å². The molecule has 1 fully saturated rings. The van der Waals surface area contributed by atoms with Gasteiger partial charge in [0, 0.05) is 43.6 Å². The molecule has 1 unspecified atom stereocenters. The van der Waals surface area contributed by atoms with Crippen LogP contribution >= 0.6 is 0 Å². The van der Waals surface area contributed by atoms with E-state index in [4.69, 9.17) is 4.74 Å². The normalized spacial score (nSPS) is 23.8. The number of ether oxygens (including phenoxy) is 1. The first-order valence-corrected chi connectivity index (χ1v) is 9.86. The lowest BCUT2D eigenvalue weighted by atomic mass is 9.98. The lowest BCUT2D eigenvalue weighted by Gasteiger charge is -2.22. The van der Waals surface area contributed by atoms with E-state index in [1.54, 1.807) is 13.1 Å². The van der Waals surface area contributed by atoms with Gasteiger partial charge in [-0.15, -0.1) is 0 Å². The number of aromatic nitrogens is 2. The molecule has 1 N–H and O–H groups in total. The molecule has 1 saturated heterocycles. The zero-order valence-electron chi connectivity index (χ0n) is 13.7. The Bertz CT molecular complexity index is 570. The standard InChI is InChI=1S/C15H27N3O3S/c1-4-18-14(6-8-17-18)15-13(7-9-21-15)10-16-12(3)11-22(19,20)5-2/h6,8,12-13,15-16H,4-5,7,9-11H2,1-3H3/t12?,13-,15+/m0/s1. The zero-order chi connectivity index (χ0) is 16.2. The minimum atomic E-state index is -2.94. The Morgan fingerprint density at radius 3 is 2.95 bits per heavy atom. The van der Waals surface area contributed by atoms with E-state index in [1.165, 1.54) is 0 Å². The average Bonchev–Trinajstić information content (AvgIpc) is 3.12.